The van der Waals surface area contributed by atoms with E-state index in [4.69, 9.17) is 0 Å². The van der Waals surface area contributed by atoms with Gasteiger partial charge in [-0.3, -0.25) is 9.59 Å². The van der Waals surface area contributed by atoms with E-state index in [0.29, 0.717) is 18.7 Å². The number of amides is 2. The predicted octanol–water partition coefficient (Wildman–Crippen LogP) is 5.22. The maximum atomic E-state index is 13.3. The van der Waals surface area contributed by atoms with Gasteiger partial charge in [0, 0.05) is 18.3 Å². The quantitative estimate of drug-likeness (QED) is 0.509. The number of nitrogens with one attached hydrogen (secondary N) is 1. The van der Waals surface area contributed by atoms with E-state index < -0.39 is 6.04 Å². The average Bonchev–Trinajstić information content (AvgIpc) is 2.83. The third-order valence-electron chi connectivity index (χ3n) is 6.16. The molecule has 1 N–H and O–H groups in total. The maximum Gasteiger partial charge on any atom is 0.243 e. The molecule has 0 aliphatic heterocycles. The molecule has 5 heteroatoms. The van der Waals surface area contributed by atoms with Gasteiger partial charge in [-0.1, -0.05) is 86.8 Å². The molecule has 1 unspecified atom stereocenters. The summed E-state index contributed by atoms with van der Waals surface area (Å²) in [5, 5.41) is 3.25. The average molecular weight is 453 g/mol. The van der Waals surface area contributed by atoms with Crippen LogP contribution >= 0.6 is 11.8 Å². The molecule has 0 saturated heterocycles. The molecule has 2 aromatic carbocycles. The molecule has 0 bridgehead atoms. The number of carbonyl (C=O) groups is 2. The van der Waals surface area contributed by atoms with Gasteiger partial charge in [0.15, 0.2) is 0 Å². The summed E-state index contributed by atoms with van der Waals surface area (Å²) in [4.78, 5) is 28.3. The Morgan fingerprint density at radius 2 is 1.59 bits per heavy atom. The van der Waals surface area contributed by atoms with Crippen LogP contribution in [0.25, 0.3) is 0 Å². The first-order valence-corrected chi connectivity index (χ1v) is 13.1. The molecule has 0 heterocycles. The number of hydrogen-bond donors (Lipinski definition) is 1. The van der Waals surface area contributed by atoms with Crippen molar-refractivity contribution in [3.63, 3.8) is 0 Å². The second kappa shape index (κ2) is 13.3. The van der Waals surface area contributed by atoms with Crippen molar-refractivity contribution in [3.05, 3.63) is 71.8 Å². The van der Waals surface area contributed by atoms with Crippen LogP contribution in [0.15, 0.2) is 60.7 Å². The summed E-state index contributed by atoms with van der Waals surface area (Å²) in [5.74, 6) is 1.24. The highest BCUT2D eigenvalue weighted by Gasteiger charge is 2.29. The smallest absolute Gasteiger partial charge is 0.243 e. The van der Waals surface area contributed by atoms with Crippen molar-refractivity contribution in [2.45, 2.75) is 69.7 Å². The fourth-order valence-electron chi connectivity index (χ4n) is 4.35. The Hall–Kier alpha value is -2.27. The first-order chi connectivity index (χ1) is 15.7. The van der Waals surface area contributed by atoms with Gasteiger partial charge >= 0.3 is 0 Å². The van der Waals surface area contributed by atoms with Crippen molar-refractivity contribution in [3.8, 4) is 0 Å². The van der Waals surface area contributed by atoms with Crippen molar-refractivity contribution in [1.29, 1.82) is 0 Å². The van der Waals surface area contributed by atoms with E-state index in [-0.39, 0.29) is 17.9 Å². The lowest BCUT2D eigenvalue weighted by atomic mass is 9.95. The molecule has 1 atom stereocenters. The number of rotatable bonds is 11. The third kappa shape index (κ3) is 7.70. The number of hydrogen-bond acceptors (Lipinski definition) is 3. The summed E-state index contributed by atoms with van der Waals surface area (Å²) < 4.78 is 0. The van der Waals surface area contributed by atoms with Crippen LogP contribution in [0.2, 0.25) is 0 Å². The number of benzene rings is 2. The fraction of sp³-hybridized carbons (Fsp3) is 0.481. The zero-order valence-corrected chi connectivity index (χ0v) is 20.0. The largest absolute Gasteiger partial charge is 0.352 e. The van der Waals surface area contributed by atoms with Gasteiger partial charge in [0.1, 0.15) is 6.04 Å². The minimum absolute atomic E-state index is 0.00821. The van der Waals surface area contributed by atoms with Gasteiger partial charge in [-0.25, -0.2) is 0 Å². The molecule has 0 radical (unpaired) electrons. The van der Waals surface area contributed by atoms with Gasteiger partial charge in [-0.15, -0.1) is 11.8 Å². The molecule has 1 fully saturated rings. The molecule has 3 rings (SSSR count). The standard InChI is InChI=1S/C27H36N2O2S/c1-2-25(27(31)28-24-16-10-5-11-17-24)29(19-18-22-12-6-3-7-13-22)26(30)21-32-20-23-14-8-4-9-15-23/h3-4,6-9,12-15,24-25H,2,5,10-11,16-21H2,1H3,(H,28,31). The molecular weight excluding hydrogens is 416 g/mol. The molecule has 1 aliphatic rings. The molecule has 4 nitrogen and oxygen atoms in total. The minimum Gasteiger partial charge on any atom is -0.352 e. The van der Waals surface area contributed by atoms with Crippen LogP contribution in [0.4, 0.5) is 0 Å². The highest BCUT2D eigenvalue weighted by molar-refractivity contribution is 7.99. The van der Waals surface area contributed by atoms with Crippen molar-refractivity contribution in [2.75, 3.05) is 12.3 Å². The van der Waals surface area contributed by atoms with Crippen LogP contribution < -0.4 is 5.32 Å². The van der Waals surface area contributed by atoms with E-state index in [1.165, 1.54) is 30.4 Å². The topological polar surface area (TPSA) is 49.4 Å². The summed E-state index contributed by atoms with van der Waals surface area (Å²) >= 11 is 1.62. The molecule has 2 amide bonds. The lowest BCUT2D eigenvalue weighted by molar-refractivity contribution is -0.139. The minimum atomic E-state index is -0.412. The van der Waals surface area contributed by atoms with E-state index in [2.05, 4.69) is 29.6 Å². The number of carbonyl (C=O) groups excluding carboxylic acids is 2. The lowest BCUT2D eigenvalue weighted by Crippen LogP contribution is -2.52. The Balaban J connectivity index is 1.64. The molecular formula is C27H36N2O2S. The van der Waals surface area contributed by atoms with Crippen LogP contribution in [0.5, 0.6) is 0 Å². The van der Waals surface area contributed by atoms with Crippen LogP contribution in [0, 0.1) is 0 Å². The second-order valence-corrected chi connectivity index (χ2v) is 9.55. The van der Waals surface area contributed by atoms with E-state index in [1.807, 2.05) is 48.2 Å². The highest BCUT2D eigenvalue weighted by atomic mass is 32.2. The van der Waals surface area contributed by atoms with Crippen LogP contribution in [-0.4, -0.2) is 41.1 Å². The van der Waals surface area contributed by atoms with Crippen molar-refractivity contribution >= 4 is 23.6 Å². The van der Waals surface area contributed by atoms with Gasteiger partial charge in [0.25, 0.3) is 0 Å². The summed E-state index contributed by atoms with van der Waals surface area (Å²) in [6, 6.07) is 20.2. The zero-order chi connectivity index (χ0) is 22.6. The molecule has 1 aliphatic carbocycles. The Morgan fingerprint density at radius 3 is 2.22 bits per heavy atom. The Kier molecular flexibility index (Phi) is 10.1. The van der Waals surface area contributed by atoms with Crippen molar-refractivity contribution < 1.29 is 9.59 Å². The second-order valence-electron chi connectivity index (χ2n) is 8.57. The van der Waals surface area contributed by atoms with Gasteiger partial charge in [-0.05, 0) is 36.8 Å². The fourth-order valence-corrected chi connectivity index (χ4v) is 5.22. The van der Waals surface area contributed by atoms with E-state index >= 15 is 0 Å². The third-order valence-corrected chi connectivity index (χ3v) is 7.15. The number of nitrogens with zero attached hydrogens (tertiary/aromatic N) is 1. The predicted molar refractivity (Wildman–Crippen MR) is 134 cm³/mol. The first kappa shape index (κ1) is 24.4. The van der Waals surface area contributed by atoms with Crippen LogP contribution in [0.3, 0.4) is 0 Å². The summed E-state index contributed by atoms with van der Waals surface area (Å²) in [7, 11) is 0. The molecule has 172 valence electrons. The van der Waals surface area contributed by atoms with E-state index in [0.717, 1.165) is 25.0 Å². The van der Waals surface area contributed by atoms with Gasteiger partial charge in [0.2, 0.25) is 11.8 Å². The number of thioether (sulfide) groups is 1. The summed E-state index contributed by atoms with van der Waals surface area (Å²) in [6.07, 6.45) is 7.08. The first-order valence-electron chi connectivity index (χ1n) is 11.9. The summed E-state index contributed by atoms with van der Waals surface area (Å²) in [5.41, 5.74) is 2.40. The zero-order valence-electron chi connectivity index (χ0n) is 19.2. The van der Waals surface area contributed by atoms with Crippen LogP contribution in [0.1, 0.15) is 56.6 Å². The summed E-state index contributed by atoms with van der Waals surface area (Å²) in [6.45, 7) is 2.57. The Labute approximate surface area is 197 Å². The Morgan fingerprint density at radius 1 is 0.969 bits per heavy atom. The van der Waals surface area contributed by atoms with Gasteiger partial charge in [-0.2, -0.15) is 0 Å². The van der Waals surface area contributed by atoms with E-state index in [9.17, 15) is 9.59 Å². The molecule has 32 heavy (non-hydrogen) atoms. The van der Waals surface area contributed by atoms with Crippen molar-refractivity contribution in [2.24, 2.45) is 0 Å². The SMILES string of the molecule is CCC(C(=O)NC1CCCCC1)N(CCc1ccccc1)C(=O)CSCc1ccccc1. The van der Waals surface area contributed by atoms with Crippen LogP contribution in [-0.2, 0) is 21.8 Å². The monoisotopic (exact) mass is 452 g/mol. The molecule has 2 aromatic rings. The maximum absolute atomic E-state index is 13.3. The van der Waals surface area contributed by atoms with Gasteiger partial charge in [0.05, 0.1) is 5.75 Å². The highest BCUT2D eigenvalue weighted by Crippen LogP contribution is 2.19. The van der Waals surface area contributed by atoms with Crippen molar-refractivity contribution in [1.82, 2.24) is 10.2 Å². The van der Waals surface area contributed by atoms with E-state index in [1.54, 1.807) is 11.8 Å². The molecule has 0 aromatic heterocycles. The molecule has 0 spiro atoms. The normalized spacial score (nSPS) is 15.2. The Bertz CT molecular complexity index is 822. The van der Waals surface area contributed by atoms with Gasteiger partial charge < -0.3 is 10.2 Å². The lowest BCUT2D eigenvalue weighted by Gasteiger charge is -2.32. The molecule has 1 saturated carbocycles.